The predicted molar refractivity (Wildman–Crippen MR) is 67.5 cm³/mol. The normalized spacial score (nSPS) is 10.5. The van der Waals surface area contributed by atoms with E-state index in [0.717, 1.165) is 0 Å². The molecule has 0 aromatic carbocycles. The van der Waals surface area contributed by atoms with Crippen molar-refractivity contribution < 1.29 is 0 Å². The van der Waals surface area contributed by atoms with Crippen LogP contribution in [-0.4, -0.2) is 9.97 Å². The van der Waals surface area contributed by atoms with Gasteiger partial charge in [0, 0.05) is 10.0 Å². The van der Waals surface area contributed by atoms with Gasteiger partial charge in [-0.2, -0.15) is 0 Å². The van der Waals surface area contributed by atoms with Crippen molar-refractivity contribution in [1.29, 1.82) is 0 Å². The van der Waals surface area contributed by atoms with Crippen LogP contribution in [0.15, 0.2) is 24.3 Å². The molecular weight excluding hydrogens is 290 g/mol. The van der Waals surface area contributed by atoms with E-state index in [1.165, 1.54) is 0 Å². The summed E-state index contributed by atoms with van der Waals surface area (Å²) in [6, 6.07) is 6.36. The summed E-state index contributed by atoms with van der Waals surface area (Å²) < 4.78 is 0. The number of aromatic nitrogens is 2. The molecule has 2 aromatic heterocycles. The first-order valence-corrected chi connectivity index (χ1v) is 5.72. The van der Waals surface area contributed by atoms with Gasteiger partial charge in [0.1, 0.15) is 10.3 Å². The number of rotatable bonds is 1. The molecule has 16 heavy (non-hydrogen) atoms. The highest BCUT2D eigenvalue weighted by Gasteiger charge is 2.06. The fourth-order valence-electron chi connectivity index (χ4n) is 1.19. The second-order valence-electron chi connectivity index (χ2n) is 2.99. The standard InChI is InChI=1S/C10H4Cl4N2/c11-5-1-7(15-9(13)3-5)8-2-6(12)4-10(14)16-8/h1-4H. The molecule has 2 rings (SSSR count). The monoisotopic (exact) mass is 292 g/mol. The van der Waals surface area contributed by atoms with Crippen molar-refractivity contribution in [3.63, 3.8) is 0 Å². The molecule has 0 aliphatic carbocycles. The SMILES string of the molecule is Clc1cc(Cl)nc(-c2cc(Cl)cc(Cl)n2)c1. The zero-order valence-corrected chi connectivity index (χ0v) is 10.7. The maximum absolute atomic E-state index is 5.86. The summed E-state index contributed by atoms with van der Waals surface area (Å²) in [5, 5.41) is 1.54. The molecule has 0 N–H and O–H groups in total. The summed E-state index contributed by atoms with van der Waals surface area (Å²) in [6.07, 6.45) is 0. The van der Waals surface area contributed by atoms with Crippen molar-refractivity contribution in [2.45, 2.75) is 0 Å². The first-order valence-electron chi connectivity index (χ1n) is 4.21. The third kappa shape index (κ3) is 2.77. The van der Waals surface area contributed by atoms with Crippen molar-refractivity contribution in [3.05, 3.63) is 44.6 Å². The van der Waals surface area contributed by atoms with E-state index in [9.17, 15) is 0 Å². The maximum atomic E-state index is 5.86. The smallest absolute Gasteiger partial charge is 0.131 e. The van der Waals surface area contributed by atoms with Crippen molar-refractivity contribution in [3.8, 4) is 11.4 Å². The van der Waals surface area contributed by atoms with Crippen LogP contribution >= 0.6 is 46.4 Å². The molecule has 2 heterocycles. The van der Waals surface area contributed by atoms with Gasteiger partial charge in [0.05, 0.1) is 11.4 Å². The van der Waals surface area contributed by atoms with Gasteiger partial charge < -0.3 is 0 Å². The van der Waals surface area contributed by atoms with Crippen LogP contribution in [0.4, 0.5) is 0 Å². The lowest BCUT2D eigenvalue weighted by molar-refractivity contribution is 1.25. The van der Waals surface area contributed by atoms with E-state index in [-0.39, 0.29) is 0 Å². The van der Waals surface area contributed by atoms with Crippen molar-refractivity contribution in [2.75, 3.05) is 0 Å². The van der Waals surface area contributed by atoms with Gasteiger partial charge in [0.15, 0.2) is 0 Å². The van der Waals surface area contributed by atoms with Crippen LogP contribution in [0.3, 0.4) is 0 Å². The fraction of sp³-hybridized carbons (Fsp3) is 0. The lowest BCUT2D eigenvalue weighted by Crippen LogP contribution is -1.89. The van der Waals surface area contributed by atoms with Crippen molar-refractivity contribution >= 4 is 46.4 Å². The summed E-state index contributed by atoms with van der Waals surface area (Å²) in [7, 11) is 0. The molecule has 2 aromatic rings. The first-order chi connectivity index (χ1) is 7.54. The molecule has 0 saturated heterocycles. The topological polar surface area (TPSA) is 25.8 Å². The summed E-state index contributed by atoms with van der Waals surface area (Å²) in [5.41, 5.74) is 1.06. The molecule has 0 spiro atoms. The summed E-state index contributed by atoms with van der Waals surface area (Å²) in [5.74, 6) is 0. The average molecular weight is 294 g/mol. The highest BCUT2D eigenvalue weighted by Crippen LogP contribution is 2.26. The summed E-state index contributed by atoms with van der Waals surface area (Å²) >= 11 is 23.3. The van der Waals surface area contributed by atoms with E-state index in [4.69, 9.17) is 46.4 Å². The highest BCUT2D eigenvalue weighted by molar-refractivity contribution is 6.35. The lowest BCUT2D eigenvalue weighted by Gasteiger charge is -2.03. The van der Waals surface area contributed by atoms with Crippen molar-refractivity contribution in [1.82, 2.24) is 9.97 Å². The number of halogens is 4. The van der Waals surface area contributed by atoms with Gasteiger partial charge in [-0.25, -0.2) is 9.97 Å². The third-order valence-corrected chi connectivity index (χ3v) is 2.60. The van der Waals surface area contributed by atoms with Crippen LogP contribution in [0.2, 0.25) is 20.4 Å². The van der Waals surface area contributed by atoms with E-state index in [2.05, 4.69) is 9.97 Å². The van der Waals surface area contributed by atoms with Gasteiger partial charge in [-0.3, -0.25) is 0 Å². The van der Waals surface area contributed by atoms with Crippen LogP contribution in [0.5, 0.6) is 0 Å². The highest BCUT2D eigenvalue weighted by atomic mass is 35.5. The molecule has 82 valence electrons. The number of hydrogen-bond donors (Lipinski definition) is 0. The van der Waals surface area contributed by atoms with E-state index < -0.39 is 0 Å². The molecule has 0 saturated carbocycles. The third-order valence-electron chi connectivity index (χ3n) is 1.78. The minimum Gasteiger partial charge on any atom is -0.234 e. The van der Waals surface area contributed by atoms with Crippen LogP contribution in [0.1, 0.15) is 0 Å². The van der Waals surface area contributed by atoms with E-state index >= 15 is 0 Å². The van der Waals surface area contributed by atoms with Gasteiger partial charge in [0.25, 0.3) is 0 Å². The number of pyridine rings is 2. The Bertz CT molecular complexity index is 452. The second kappa shape index (κ2) is 4.76. The lowest BCUT2D eigenvalue weighted by atomic mass is 10.2. The van der Waals surface area contributed by atoms with Gasteiger partial charge in [-0.05, 0) is 24.3 Å². The van der Waals surface area contributed by atoms with E-state index in [0.29, 0.717) is 31.7 Å². The Balaban J connectivity index is 2.57. The van der Waals surface area contributed by atoms with Crippen molar-refractivity contribution in [2.24, 2.45) is 0 Å². The minimum absolute atomic E-state index is 0.292. The fourth-order valence-corrected chi connectivity index (χ4v) is 2.14. The molecule has 0 bridgehead atoms. The van der Waals surface area contributed by atoms with Crippen LogP contribution < -0.4 is 0 Å². The molecule has 0 atom stereocenters. The summed E-state index contributed by atoms with van der Waals surface area (Å²) in [4.78, 5) is 8.18. The molecule has 0 unspecified atom stereocenters. The van der Waals surface area contributed by atoms with Gasteiger partial charge >= 0.3 is 0 Å². The largest absolute Gasteiger partial charge is 0.234 e. The second-order valence-corrected chi connectivity index (χ2v) is 4.63. The Morgan fingerprint density at radius 3 is 1.31 bits per heavy atom. The quantitative estimate of drug-likeness (QED) is 0.709. The maximum Gasteiger partial charge on any atom is 0.131 e. The van der Waals surface area contributed by atoms with Crippen LogP contribution in [0, 0.1) is 0 Å². The average Bonchev–Trinajstić information content (AvgIpc) is 2.14. The van der Waals surface area contributed by atoms with E-state index in [1.807, 2.05) is 0 Å². The Hall–Kier alpha value is -0.540. The van der Waals surface area contributed by atoms with E-state index in [1.54, 1.807) is 24.3 Å². The van der Waals surface area contributed by atoms with Gasteiger partial charge in [-0.1, -0.05) is 46.4 Å². The Morgan fingerprint density at radius 1 is 0.625 bits per heavy atom. The molecule has 2 nitrogen and oxygen atoms in total. The van der Waals surface area contributed by atoms with Crippen LogP contribution in [-0.2, 0) is 0 Å². The molecule has 0 fully saturated rings. The predicted octanol–water partition coefficient (Wildman–Crippen LogP) is 4.76. The molecule has 0 aliphatic heterocycles. The molecule has 0 amide bonds. The summed E-state index contributed by atoms with van der Waals surface area (Å²) in [6.45, 7) is 0. The first kappa shape index (κ1) is 11.9. The number of hydrogen-bond acceptors (Lipinski definition) is 2. The Labute approximate surface area is 112 Å². The minimum atomic E-state index is 0.292. The molecule has 0 radical (unpaired) electrons. The zero-order chi connectivity index (χ0) is 11.7. The number of nitrogens with zero attached hydrogens (tertiary/aromatic N) is 2. The van der Waals surface area contributed by atoms with Crippen LogP contribution in [0.25, 0.3) is 11.4 Å². The molecule has 0 aliphatic rings. The zero-order valence-electron chi connectivity index (χ0n) is 7.72. The van der Waals surface area contributed by atoms with Gasteiger partial charge in [-0.15, -0.1) is 0 Å². The van der Waals surface area contributed by atoms with Gasteiger partial charge in [0.2, 0.25) is 0 Å². The molecule has 6 heteroatoms. The Morgan fingerprint density at radius 2 is 1.00 bits per heavy atom. The Kier molecular flexibility index (Phi) is 3.55. The molecular formula is C10H4Cl4N2.